The molecule has 0 aromatic rings. The Morgan fingerprint density at radius 1 is 1.32 bits per heavy atom. The quantitative estimate of drug-likeness (QED) is 0.733. The van der Waals surface area contributed by atoms with Crippen molar-refractivity contribution >= 4 is 25.8 Å². The number of ether oxygens (including phenoxy) is 1. The molecule has 1 atom stereocenters. The normalized spacial score (nSPS) is 13.9. The molecule has 114 valence electrons. The van der Waals surface area contributed by atoms with Gasteiger partial charge in [0.15, 0.2) is 0 Å². The van der Waals surface area contributed by atoms with Gasteiger partial charge in [-0.25, -0.2) is 13.2 Å². The molecule has 0 aromatic carbocycles. The molecule has 0 bridgehead atoms. The lowest BCUT2D eigenvalue weighted by Crippen LogP contribution is -2.35. The third-order valence-corrected chi connectivity index (χ3v) is 3.59. The molecule has 0 aliphatic rings. The highest BCUT2D eigenvalue weighted by atomic mass is 35.7. The van der Waals surface area contributed by atoms with Crippen molar-refractivity contribution < 1.29 is 17.9 Å². The molecule has 0 heterocycles. The highest BCUT2D eigenvalue weighted by Crippen LogP contribution is 2.14. The van der Waals surface area contributed by atoms with E-state index in [2.05, 4.69) is 5.32 Å². The van der Waals surface area contributed by atoms with E-state index < -0.39 is 20.7 Å². The van der Waals surface area contributed by atoms with Crippen molar-refractivity contribution in [3.63, 3.8) is 0 Å². The lowest BCUT2D eigenvalue weighted by molar-refractivity contribution is 0.0518. The number of hydrogen-bond donors (Lipinski definition) is 1. The molecule has 7 heteroatoms. The molecule has 19 heavy (non-hydrogen) atoms. The van der Waals surface area contributed by atoms with Crippen LogP contribution >= 0.6 is 10.7 Å². The molecule has 0 aromatic heterocycles. The fourth-order valence-corrected chi connectivity index (χ4v) is 2.49. The first-order valence-electron chi connectivity index (χ1n) is 6.42. The van der Waals surface area contributed by atoms with E-state index in [1.54, 1.807) is 20.8 Å². The monoisotopic (exact) mass is 313 g/mol. The summed E-state index contributed by atoms with van der Waals surface area (Å²) < 4.78 is 27.0. The minimum atomic E-state index is -3.48. The number of amides is 1. The maximum Gasteiger partial charge on any atom is 0.407 e. The third-order valence-electron chi connectivity index (χ3n) is 2.40. The Kier molecular flexibility index (Phi) is 7.74. The minimum Gasteiger partial charge on any atom is -0.444 e. The summed E-state index contributed by atoms with van der Waals surface area (Å²) in [6.45, 7) is 7.77. The standard InChI is InChI=1S/C12H24ClNO4S/c1-5-6-10(7-8-19(13,16)17)9-14-11(15)18-12(2,3)4/h10H,5-9H2,1-4H3,(H,14,15). The van der Waals surface area contributed by atoms with Crippen molar-refractivity contribution in [2.75, 3.05) is 12.3 Å². The van der Waals surface area contributed by atoms with E-state index in [0.717, 1.165) is 12.8 Å². The van der Waals surface area contributed by atoms with Gasteiger partial charge in [0.2, 0.25) is 9.05 Å². The third kappa shape index (κ3) is 12.3. The molecule has 1 amide bonds. The van der Waals surface area contributed by atoms with Crippen molar-refractivity contribution in [3.8, 4) is 0 Å². The van der Waals surface area contributed by atoms with Gasteiger partial charge in [0.1, 0.15) is 5.60 Å². The van der Waals surface area contributed by atoms with Crippen LogP contribution in [0.25, 0.3) is 0 Å². The van der Waals surface area contributed by atoms with Crippen LogP contribution in [-0.2, 0) is 13.8 Å². The van der Waals surface area contributed by atoms with Crippen molar-refractivity contribution in [2.24, 2.45) is 5.92 Å². The summed E-state index contributed by atoms with van der Waals surface area (Å²) in [7, 11) is 1.71. The Labute approximate surface area is 120 Å². The zero-order chi connectivity index (χ0) is 15.1. The van der Waals surface area contributed by atoms with Crippen molar-refractivity contribution in [3.05, 3.63) is 0 Å². The van der Waals surface area contributed by atoms with Crippen molar-refractivity contribution in [1.82, 2.24) is 5.32 Å². The summed E-state index contributed by atoms with van der Waals surface area (Å²) in [5.74, 6) is 0.0147. The molecular formula is C12H24ClNO4S. The highest BCUT2D eigenvalue weighted by molar-refractivity contribution is 8.13. The summed E-state index contributed by atoms with van der Waals surface area (Å²) >= 11 is 0. The Morgan fingerprint density at radius 2 is 1.89 bits per heavy atom. The van der Waals surface area contributed by atoms with Crippen LogP contribution in [0, 0.1) is 5.92 Å². The zero-order valence-corrected chi connectivity index (χ0v) is 13.6. The van der Waals surface area contributed by atoms with Gasteiger partial charge in [-0.2, -0.15) is 0 Å². The average molecular weight is 314 g/mol. The molecule has 0 radical (unpaired) electrons. The van der Waals surface area contributed by atoms with Crippen LogP contribution in [-0.4, -0.2) is 32.4 Å². The van der Waals surface area contributed by atoms with Gasteiger partial charge < -0.3 is 10.1 Å². The van der Waals surface area contributed by atoms with Crippen LogP contribution in [0.15, 0.2) is 0 Å². The summed E-state index contributed by atoms with van der Waals surface area (Å²) in [5.41, 5.74) is -0.538. The molecule has 0 aliphatic heterocycles. The second-order valence-electron chi connectivity index (χ2n) is 5.57. The first kappa shape index (κ1) is 18.5. The largest absolute Gasteiger partial charge is 0.444 e. The topological polar surface area (TPSA) is 72.5 Å². The predicted molar refractivity (Wildman–Crippen MR) is 76.9 cm³/mol. The average Bonchev–Trinajstić information content (AvgIpc) is 2.18. The van der Waals surface area contributed by atoms with Crippen LogP contribution in [0.2, 0.25) is 0 Å². The van der Waals surface area contributed by atoms with Gasteiger partial charge in [0.05, 0.1) is 5.75 Å². The molecule has 1 unspecified atom stereocenters. The first-order valence-corrected chi connectivity index (χ1v) is 8.90. The molecule has 1 N–H and O–H groups in total. The second kappa shape index (κ2) is 7.94. The molecule has 5 nitrogen and oxygen atoms in total. The van der Waals surface area contributed by atoms with Crippen LogP contribution in [0.5, 0.6) is 0 Å². The Hall–Kier alpha value is -0.490. The smallest absolute Gasteiger partial charge is 0.407 e. The highest BCUT2D eigenvalue weighted by Gasteiger charge is 2.18. The summed E-state index contributed by atoms with van der Waals surface area (Å²) in [6, 6.07) is 0. The van der Waals surface area contributed by atoms with Crippen LogP contribution in [0.4, 0.5) is 4.79 Å². The van der Waals surface area contributed by atoms with Crippen molar-refractivity contribution in [1.29, 1.82) is 0 Å². The van der Waals surface area contributed by atoms with Gasteiger partial charge in [-0.1, -0.05) is 13.3 Å². The fraction of sp³-hybridized carbons (Fsp3) is 0.917. The van der Waals surface area contributed by atoms with Gasteiger partial charge in [-0.3, -0.25) is 0 Å². The summed E-state index contributed by atoms with van der Waals surface area (Å²) in [4.78, 5) is 11.5. The van der Waals surface area contributed by atoms with Gasteiger partial charge in [0, 0.05) is 17.2 Å². The SMILES string of the molecule is CCCC(CCS(=O)(=O)Cl)CNC(=O)OC(C)(C)C. The molecule has 0 rings (SSSR count). The van der Waals surface area contributed by atoms with Gasteiger partial charge >= 0.3 is 6.09 Å². The number of rotatable bonds is 7. The maximum absolute atomic E-state index is 11.5. The van der Waals surface area contributed by atoms with E-state index in [1.807, 2.05) is 6.92 Å². The van der Waals surface area contributed by atoms with Gasteiger partial charge in [-0.15, -0.1) is 0 Å². The Balaban J connectivity index is 4.17. The number of carbonyl (C=O) groups excluding carboxylic acids is 1. The molecule has 0 fully saturated rings. The van der Waals surface area contributed by atoms with E-state index in [4.69, 9.17) is 15.4 Å². The number of alkyl carbamates (subject to hydrolysis) is 1. The van der Waals surface area contributed by atoms with E-state index >= 15 is 0 Å². The summed E-state index contributed by atoms with van der Waals surface area (Å²) in [6.07, 6.45) is 1.71. The molecular weight excluding hydrogens is 290 g/mol. The van der Waals surface area contributed by atoms with E-state index in [-0.39, 0.29) is 11.7 Å². The van der Waals surface area contributed by atoms with E-state index in [1.165, 1.54) is 0 Å². The minimum absolute atomic E-state index is 0.0742. The van der Waals surface area contributed by atoms with E-state index in [0.29, 0.717) is 13.0 Å². The molecule has 0 saturated carbocycles. The van der Waals surface area contributed by atoms with Crippen molar-refractivity contribution in [2.45, 2.75) is 52.6 Å². The number of nitrogens with one attached hydrogen (secondary N) is 1. The van der Waals surface area contributed by atoms with Gasteiger partial charge in [0.25, 0.3) is 0 Å². The predicted octanol–water partition coefficient (Wildman–Crippen LogP) is 2.89. The lowest BCUT2D eigenvalue weighted by atomic mass is 10.0. The number of carbonyl (C=O) groups is 1. The van der Waals surface area contributed by atoms with Gasteiger partial charge in [-0.05, 0) is 39.5 Å². The Bertz CT molecular complexity index is 376. The van der Waals surface area contributed by atoms with Crippen LogP contribution < -0.4 is 5.32 Å². The molecule has 0 saturated heterocycles. The maximum atomic E-state index is 11.5. The first-order chi connectivity index (χ1) is 8.53. The van der Waals surface area contributed by atoms with Crippen LogP contribution in [0.3, 0.4) is 0 Å². The molecule has 0 spiro atoms. The summed E-state index contributed by atoms with van der Waals surface area (Å²) in [5, 5.41) is 2.66. The Morgan fingerprint density at radius 3 is 2.32 bits per heavy atom. The van der Waals surface area contributed by atoms with Crippen LogP contribution in [0.1, 0.15) is 47.0 Å². The zero-order valence-electron chi connectivity index (χ0n) is 12.0. The van der Waals surface area contributed by atoms with E-state index in [9.17, 15) is 13.2 Å². The second-order valence-corrected chi connectivity index (χ2v) is 8.47. The number of halogens is 1. The molecule has 0 aliphatic carbocycles. The fourth-order valence-electron chi connectivity index (χ4n) is 1.61. The lowest BCUT2D eigenvalue weighted by Gasteiger charge is -2.21. The number of hydrogen-bond acceptors (Lipinski definition) is 4.